The first-order valence-corrected chi connectivity index (χ1v) is 1.35. The molecule has 0 spiro atoms. The molecule has 1 radical (unpaired) electrons. The first-order valence-electron chi connectivity index (χ1n) is 1.35. The standard InChI is InChI=1S/C2H5NO/c1-2-4-3-1/h3H,1-2H2/q+1. The average molecular weight is 59.1 g/mol. The van der Waals surface area contributed by atoms with E-state index in [4.69, 9.17) is 0 Å². The molecule has 2 heteroatoms. The first kappa shape index (κ1) is 2.18. The summed E-state index contributed by atoms with van der Waals surface area (Å²) in [6.45, 7) is 1.92. The lowest BCUT2D eigenvalue weighted by Gasteiger charge is -1.96. The van der Waals surface area contributed by atoms with Gasteiger partial charge >= 0.3 is 0 Å². The van der Waals surface area contributed by atoms with Gasteiger partial charge in [0.2, 0.25) is 0 Å². The maximum absolute atomic E-state index is 4.47. The fourth-order valence-corrected chi connectivity index (χ4v) is 0.102. The van der Waals surface area contributed by atoms with E-state index >= 15 is 0 Å². The van der Waals surface area contributed by atoms with Crippen molar-refractivity contribution in [1.29, 1.82) is 0 Å². The Bertz CT molecular complexity index is 14.0. The molecule has 0 aromatic rings. The number of hydrogen-bond acceptors (Lipinski definition) is 2. The fourth-order valence-electron chi connectivity index (χ4n) is 0.102. The van der Waals surface area contributed by atoms with Gasteiger partial charge in [0.15, 0.2) is 13.2 Å². The zero-order valence-corrected chi connectivity index (χ0v) is 2.32. The van der Waals surface area contributed by atoms with Crippen LogP contribution < -0.4 is 5.48 Å². The molecule has 1 fully saturated rings. The Morgan fingerprint density at radius 2 is 2.00 bits per heavy atom. The Hall–Kier alpha value is -0.0800. The molecule has 1 aliphatic rings. The molecule has 1 saturated heterocycles. The van der Waals surface area contributed by atoms with Crippen LogP contribution in [-0.4, -0.2) is 13.2 Å². The minimum atomic E-state index is 0.889. The van der Waals surface area contributed by atoms with E-state index in [9.17, 15) is 0 Å². The van der Waals surface area contributed by atoms with Gasteiger partial charge in [0, 0.05) is 0 Å². The van der Waals surface area contributed by atoms with Gasteiger partial charge in [0.25, 0.3) is 0 Å². The zero-order chi connectivity index (χ0) is 2.83. The highest BCUT2D eigenvalue weighted by Crippen LogP contribution is 1.57. The van der Waals surface area contributed by atoms with Crippen LogP contribution in [0.4, 0.5) is 0 Å². The Labute approximate surface area is 24.7 Å². The average Bonchev–Trinajstić information content (AvgIpc) is 0.722. The van der Waals surface area contributed by atoms with E-state index in [0.29, 0.717) is 0 Å². The van der Waals surface area contributed by atoms with Gasteiger partial charge in [-0.2, -0.15) is 0 Å². The molecule has 0 bridgehead atoms. The van der Waals surface area contributed by atoms with E-state index in [1.807, 2.05) is 0 Å². The van der Waals surface area contributed by atoms with Crippen molar-refractivity contribution >= 4 is 0 Å². The van der Waals surface area contributed by atoms with E-state index in [1.165, 1.54) is 0 Å². The SMILES string of the molecule is C1CO[NH+]1. The Morgan fingerprint density at radius 3 is 2.00 bits per heavy atom. The van der Waals surface area contributed by atoms with Crippen LogP contribution in [-0.2, 0) is 4.84 Å². The van der Waals surface area contributed by atoms with Crippen LogP contribution in [0.5, 0.6) is 0 Å². The minimum absolute atomic E-state index is 0.889. The number of hydroxylamine groups is 1. The first-order chi connectivity index (χ1) is 2.00. The van der Waals surface area contributed by atoms with Crippen molar-refractivity contribution in [3.8, 4) is 0 Å². The van der Waals surface area contributed by atoms with Crippen molar-refractivity contribution < 1.29 is 10.3 Å². The molecule has 0 aromatic heterocycles. The van der Waals surface area contributed by atoms with Crippen molar-refractivity contribution in [3.63, 3.8) is 0 Å². The third-order valence-corrected chi connectivity index (χ3v) is 0.408. The van der Waals surface area contributed by atoms with Crippen molar-refractivity contribution in [1.82, 2.24) is 0 Å². The summed E-state index contributed by atoms with van der Waals surface area (Å²) in [7, 11) is 0. The van der Waals surface area contributed by atoms with Crippen LogP contribution in [0.1, 0.15) is 0 Å². The summed E-state index contributed by atoms with van der Waals surface area (Å²) >= 11 is 0. The molecule has 0 atom stereocenters. The highest BCUT2D eigenvalue weighted by molar-refractivity contribution is 4.15. The molecule has 4 heavy (non-hydrogen) atoms. The molecule has 1 heterocycles. The molecule has 0 amide bonds. The van der Waals surface area contributed by atoms with E-state index in [2.05, 4.69) is 10.3 Å². The van der Waals surface area contributed by atoms with Crippen LogP contribution in [0.2, 0.25) is 0 Å². The highest BCUT2D eigenvalue weighted by Gasteiger charge is 2.06. The second-order valence-corrected chi connectivity index (χ2v) is 0.743. The van der Waals surface area contributed by atoms with Crippen molar-refractivity contribution in [2.45, 2.75) is 0 Å². The van der Waals surface area contributed by atoms with Crippen LogP contribution in [0.25, 0.3) is 0 Å². The van der Waals surface area contributed by atoms with Gasteiger partial charge in [-0.05, 0) is 5.48 Å². The highest BCUT2D eigenvalue weighted by atomic mass is 16.7. The molecule has 0 saturated carbocycles. The van der Waals surface area contributed by atoms with Crippen LogP contribution in [0.3, 0.4) is 0 Å². The second kappa shape index (κ2) is 0.701. The Balaban J connectivity index is 2.00. The van der Waals surface area contributed by atoms with Crippen molar-refractivity contribution in [2.24, 2.45) is 0 Å². The van der Waals surface area contributed by atoms with E-state index < -0.39 is 0 Å². The maximum Gasteiger partial charge on any atom is 0.186 e. The summed E-state index contributed by atoms with van der Waals surface area (Å²) in [4.78, 5) is 4.47. The second-order valence-electron chi connectivity index (χ2n) is 0.743. The van der Waals surface area contributed by atoms with E-state index in [-0.39, 0.29) is 0 Å². The Morgan fingerprint density at radius 1 is 1.75 bits per heavy atom. The summed E-state index contributed by atoms with van der Waals surface area (Å²) < 4.78 is 0. The van der Waals surface area contributed by atoms with Crippen molar-refractivity contribution in [2.75, 3.05) is 13.2 Å². The van der Waals surface area contributed by atoms with Crippen molar-refractivity contribution in [3.05, 3.63) is 0 Å². The van der Waals surface area contributed by atoms with Gasteiger partial charge in [-0.15, -0.1) is 4.84 Å². The summed E-state index contributed by atoms with van der Waals surface area (Å²) in [6.07, 6.45) is 0. The Kier molecular flexibility index (Phi) is 0.381. The quantitative estimate of drug-likeness (QED) is 0.353. The summed E-state index contributed by atoms with van der Waals surface area (Å²) in [5.41, 5.74) is 2.61. The normalized spacial score (nSPS) is 24.0. The minimum Gasteiger partial charge on any atom is -0.145 e. The van der Waals surface area contributed by atoms with Gasteiger partial charge in [-0.3, -0.25) is 0 Å². The lowest BCUT2D eigenvalue weighted by atomic mass is 10.7. The van der Waals surface area contributed by atoms with E-state index in [0.717, 1.165) is 13.2 Å². The van der Waals surface area contributed by atoms with Gasteiger partial charge in [0.05, 0.1) is 0 Å². The molecule has 1 rings (SSSR count). The fraction of sp³-hybridized carbons (Fsp3) is 1.00. The third-order valence-electron chi connectivity index (χ3n) is 0.408. The topological polar surface area (TPSA) is 24.8 Å². The van der Waals surface area contributed by atoms with Crippen LogP contribution in [0.15, 0.2) is 0 Å². The summed E-state index contributed by atoms with van der Waals surface area (Å²) in [6, 6.07) is 0. The smallest absolute Gasteiger partial charge is 0.145 e. The van der Waals surface area contributed by atoms with E-state index in [1.54, 1.807) is 0 Å². The van der Waals surface area contributed by atoms with Gasteiger partial charge in [-0.1, -0.05) is 0 Å². The molecule has 1 aliphatic heterocycles. The van der Waals surface area contributed by atoms with Crippen LogP contribution >= 0.6 is 0 Å². The zero-order valence-electron chi connectivity index (χ0n) is 2.32. The predicted molar refractivity (Wildman–Crippen MR) is 11.8 cm³/mol. The molecular weight excluding hydrogens is 54.0 g/mol. The van der Waals surface area contributed by atoms with Gasteiger partial charge < -0.3 is 0 Å². The van der Waals surface area contributed by atoms with Gasteiger partial charge in [0.1, 0.15) is 0 Å². The lowest BCUT2D eigenvalue weighted by Crippen LogP contribution is -2.92. The predicted octanol–water partition coefficient (Wildman–Crippen LogP) is -1.72. The molecule has 0 aromatic carbocycles. The molecular formula is C2H5NO+. The molecule has 1 N–H and O–H groups in total. The molecule has 2 nitrogen and oxygen atoms in total. The largest absolute Gasteiger partial charge is 0.186 e. The van der Waals surface area contributed by atoms with Crippen LogP contribution in [0, 0.1) is 0 Å². The molecule has 0 unspecified atom stereocenters. The number of nitrogens with one attached hydrogen (secondary N) is 1. The summed E-state index contributed by atoms with van der Waals surface area (Å²) in [5, 5.41) is 0. The monoisotopic (exact) mass is 59.0 g/mol. The summed E-state index contributed by atoms with van der Waals surface area (Å²) in [5.74, 6) is 0. The maximum atomic E-state index is 4.47. The number of hydrogen-bond donors (Lipinski definition) is 1. The number of rotatable bonds is 0. The molecule has 0 aliphatic carbocycles. The third kappa shape index (κ3) is 0.106. The lowest BCUT2D eigenvalue weighted by molar-refractivity contribution is -0.955. The molecule has 23 valence electrons. The van der Waals surface area contributed by atoms with Gasteiger partial charge in [-0.25, -0.2) is 0 Å².